The fourth-order valence-electron chi connectivity index (χ4n) is 4.53. The van der Waals surface area contributed by atoms with Crippen LogP contribution in [0.3, 0.4) is 0 Å². The molecule has 3 aliphatic rings. The van der Waals surface area contributed by atoms with Crippen LogP contribution in [0.5, 0.6) is 11.5 Å². The van der Waals surface area contributed by atoms with Crippen LogP contribution in [0, 0.1) is 10.8 Å². The number of Topliss-reactive ketones (excluding diaryl/α,β-unsaturated/α-hetero) is 3. The third-order valence-electron chi connectivity index (χ3n) is 5.97. The van der Waals surface area contributed by atoms with Gasteiger partial charge in [-0.2, -0.15) is 4.91 Å². The maximum Gasteiger partial charge on any atom is 0.201 e. The lowest BCUT2D eigenvalue weighted by Crippen LogP contribution is -2.29. The minimum Gasteiger partial charge on any atom is -0.507 e. The SMILES string of the molecule is COC1=C2C(=O)c3c(O)c4c(c(O)c3C(=O)C2=CCC1)CC(C(=O)CN=O)CC4. The van der Waals surface area contributed by atoms with Crippen LogP contribution in [-0.4, -0.2) is 41.2 Å². The summed E-state index contributed by atoms with van der Waals surface area (Å²) in [6.07, 6.45) is 3.28. The molecule has 0 saturated heterocycles. The zero-order chi connectivity index (χ0) is 20.9. The number of aromatic hydroxyl groups is 2. The number of hydrogen-bond acceptors (Lipinski definition) is 8. The minimum absolute atomic E-state index is 0.0723. The Balaban J connectivity index is 1.90. The second kappa shape index (κ2) is 6.95. The number of ketones is 3. The molecule has 0 spiro atoms. The van der Waals surface area contributed by atoms with Crippen LogP contribution in [0.2, 0.25) is 0 Å². The number of nitroso groups, excluding NO2 is 1. The van der Waals surface area contributed by atoms with Crippen molar-refractivity contribution in [3.63, 3.8) is 0 Å². The molecule has 0 heterocycles. The van der Waals surface area contributed by atoms with Crippen molar-refractivity contribution in [2.45, 2.75) is 32.1 Å². The van der Waals surface area contributed by atoms with Gasteiger partial charge in [0.2, 0.25) is 5.78 Å². The number of nitrogens with zero attached hydrogens (tertiary/aromatic N) is 1. The topological polar surface area (TPSA) is 130 Å². The van der Waals surface area contributed by atoms with E-state index in [0.717, 1.165) is 0 Å². The van der Waals surface area contributed by atoms with Gasteiger partial charge in [0.05, 0.1) is 23.8 Å². The molecule has 0 amide bonds. The van der Waals surface area contributed by atoms with Crippen LogP contribution in [0.1, 0.15) is 51.1 Å². The Bertz CT molecular complexity index is 1050. The van der Waals surface area contributed by atoms with Crippen molar-refractivity contribution in [2.75, 3.05) is 13.7 Å². The fourth-order valence-corrected chi connectivity index (χ4v) is 4.53. The molecule has 0 fully saturated rings. The molecular weight excluding hydrogens is 378 g/mol. The van der Waals surface area contributed by atoms with E-state index in [1.54, 1.807) is 6.08 Å². The number of ether oxygens (including phenoxy) is 1. The summed E-state index contributed by atoms with van der Waals surface area (Å²) in [4.78, 5) is 48.8. The Labute approximate surface area is 165 Å². The zero-order valence-electron chi connectivity index (χ0n) is 15.8. The molecule has 1 aromatic carbocycles. The van der Waals surface area contributed by atoms with E-state index in [1.807, 2.05) is 0 Å². The van der Waals surface area contributed by atoms with Crippen LogP contribution in [-0.2, 0) is 22.4 Å². The summed E-state index contributed by atoms with van der Waals surface area (Å²) >= 11 is 0. The lowest BCUT2D eigenvalue weighted by Gasteiger charge is -2.30. The first kappa shape index (κ1) is 19.0. The first-order valence-electron chi connectivity index (χ1n) is 9.39. The van der Waals surface area contributed by atoms with Gasteiger partial charge in [0.25, 0.3) is 0 Å². The molecule has 8 heteroatoms. The van der Waals surface area contributed by atoms with Gasteiger partial charge in [-0.05, 0) is 25.7 Å². The third-order valence-corrected chi connectivity index (χ3v) is 5.97. The second-order valence-electron chi connectivity index (χ2n) is 7.41. The highest BCUT2D eigenvalue weighted by Gasteiger charge is 2.43. The van der Waals surface area contributed by atoms with Gasteiger partial charge < -0.3 is 14.9 Å². The molecule has 1 atom stereocenters. The van der Waals surface area contributed by atoms with Crippen molar-refractivity contribution in [3.8, 4) is 11.5 Å². The van der Waals surface area contributed by atoms with Gasteiger partial charge in [-0.3, -0.25) is 14.4 Å². The summed E-state index contributed by atoms with van der Waals surface area (Å²) < 4.78 is 5.29. The molecule has 2 N–H and O–H groups in total. The monoisotopic (exact) mass is 397 g/mol. The van der Waals surface area contributed by atoms with Gasteiger partial charge in [0.15, 0.2) is 11.6 Å². The molecule has 0 saturated carbocycles. The molecule has 29 heavy (non-hydrogen) atoms. The summed E-state index contributed by atoms with van der Waals surface area (Å²) in [7, 11) is 1.42. The Morgan fingerprint density at radius 2 is 1.83 bits per heavy atom. The number of fused-ring (bicyclic) bond motifs is 3. The second-order valence-corrected chi connectivity index (χ2v) is 7.41. The van der Waals surface area contributed by atoms with E-state index in [1.165, 1.54) is 7.11 Å². The average molecular weight is 397 g/mol. The number of rotatable bonds is 4. The lowest BCUT2D eigenvalue weighted by atomic mass is 9.73. The first-order valence-corrected chi connectivity index (χ1v) is 9.39. The quantitative estimate of drug-likeness (QED) is 0.590. The summed E-state index contributed by atoms with van der Waals surface area (Å²) in [5, 5.41) is 24.4. The van der Waals surface area contributed by atoms with Crippen molar-refractivity contribution >= 4 is 17.3 Å². The van der Waals surface area contributed by atoms with E-state index in [0.29, 0.717) is 30.6 Å². The van der Waals surface area contributed by atoms with E-state index in [2.05, 4.69) is 5.18 Å². The van der Waals surface area contributed by atoms with Gasteiger partial charge in [-0.25, -0.2) is 0 Å². The first-order chi connectivity index (χ1) is 13.9. The van der Waals surface area contributed by atoms with Crippen molar-refractivity contribution in [1.82, 2.24) is 0 Å². The number of methoxy groups -OCH3 is 1. The maximum atomic E-state index is 13.2. The Morgan fingerprint density at radius 1 is 1.14 bits per heavy atom. The van der Waals surface area contributed by atoms with E-state index >= 15 is 0 Å². The third kappa shape index (κ3) is 2.70. The Kier molecular flexibility index (Phi) is 4.56. The number of benzene rings is 1. The summed E-state index contributed by atoms with van der Waals surface area (Å²) in [6.45, 7) is -0.462. The van der Waals surface area contributed by atoms with Gasteiger partial charge in [0.1, 0.15) is 23.8 Å². The number of phenols is 2. The lowest BCUT2D eigenvalue weighted by molar-refractivity contribution is -0.121. The molecule has 0 aromatic heterocycles. The van der Waals surface area contributed by atoms with Crippen molar-refractivity contribution in [1.29, 1.82) is 0 Å². The molecule has 8 nitrogen and oxygen atoms in total. The predicted molar refractivity (Wildman–Crippen MR) is 101 cm³/mol. The van der Waals surface area contributed by atoms with Crippen LogP contribution in [0.25, 0.3) is 0 Å². The van der Waals surface area contributed by atoms with Crippen LogP contribution < -0.4 is 0 Å². The number of phenolic OH excluding ortho intramolecular Hbond substituents is 2. The van der Waals surface area contributed by atoms with Crippen LogP contribution >= 0.6 is 0 Å². The highest BCUT2D eigenvalue weighted by atomic mass is 16.5. The highest BCUT2D eigenvalue weighted by Crippen LogP contribution is 2.48. The summed E-state index contributed by atoms with van der Waals surface area (Å²) in [5.41, 5.74) is 0.470. The van der Waals surface area contributed by atoms with Crippen molar-refractivity contribution < 1.29 is 29.3 Å². The molecule has 3 aliphatic carbocycles. The Hall–Kier alpha value is -3.29. The molecule has 4 rings (SSSR count). The number of carbonyl (C=O) groups excluding carboxylic acids is 3. The van der Waals surface area contributed by atoms with Crippen LogP contribution in [0.15, 0.2) is 28.2 Å². The normalized spacial score (nSPS) is 20.4. The molecule has 150 valence electrons. The molecule has 1 aromatic rings. The highest BCUT2D eigenvalue weighted by molar-refractivity contribution is 6.33. The minimum atomic E-state index is -0.554. The smallest absolute Gasteiger partial charge is 0.201 e. The number of hydrogen-bond donors (Lipinski definition) is 2. The number of carbonyl (C=O) groups is 3. The molecular formula is C21H19NO7. The number of allylic oxidation sites excluding steroid dienone is 4. The summed E-state index contributed by atoms with van der Waals surface area (Å²) in [6, 6.07) is 0. The molecule has 0 radical (unpaired) electrons. The maximum absolute atomic E-state index is 13.2. The van der Waals surface area contributed by atoms with E-state index < -0.39 is 24.0 Å². The van der Waals surface area contributed by atoms with E-state index in [-0.39, 0.29) is 58.0 Å². The molecule has 0 aliphatic heterocycles. The van der Waals surface area contributed by atoms with Gasteiger partial charge in [-0.1, -0.05) is 11.3 Å². The van der Waals surface area contributed by atoms with Gasteiger partial charge in [0, 0.05) is 29.0 Å². The van der Waals surface area contributed by atoms with E-state index in [4.69, 9.17) is 4.74 Å². The van der Waals surface area contributed by atoms with Crippen molar-refractivity contribution in [3.05, 3.63) is 50.1 Å². The summed E-state index contributed by atoms with van der Waals surface area (Å²) in [5.74, 6) is -2.33. The average Bonchev–Trinajstić information content (AvgIpc) is 2.73. The largest absolute Gasteiger partial charge is 0.507 e. The Morgan fingerprint density at radius 3 is 2.52 bits per heavy atom. The van der Waals surface area contributed by atoms with E-state index in [9.17, 15) is 29.5 Å². The zero-order valence-corrected chi connectivity index (χ0v) is 15.8. The van der Waals surface area contributed by atoms with Crippen LogP contribution in [0.4, 0.5) is 0 Å². The predicted octanol–water partition coefficient (Wildman–Crippen LogP) is 2.54. The van der Waals surface area contributed by atoms with Gasteiger partial charge >= 0.3 is 0 Å². The van der Waals surface area contributed by atoms with Gasteiger partial charge in [-0.15, -0.1) is 0 Å². The molecule has 1 unspecified atom stereocenters. The fraction of sp³-hybridized carbons (Fsp3) is 0.381. The standard InChI is InChI=1S/C21H19NO7/c1-29-14-4-2-3-11-15(14)21(27)17-16(19(11)25)20(26)12-7-9(13(23)8-22-28)5-6-10(12)18(17)24/h3,9,24,26H,2,4-8H2,1H3. The van der Waals surface area contributed by atoms with Crippen molar-refractivity contribution in [2.24, 2.45) is 11.1 Å². The molecule has 0 bridgehead atoms.